The molecular weight excluding hydrogens is 192 g/mol. The maximum atomic E-state index is 11.4. The number of rotatable bonds is 4. The topological polar surface area (TPSA) is 46.5 Å². The first kappa shape index (κ1) is 11.3. The van der Waals surface area contributed by atoms with E-state index in [2.05, 4.69) is 0 Å². The van der Waals surface area contributed by atoms with Crippen molar-refractivity contribution in [2.45, 2.75) is 13.3 Å². The molecule has 0 aliphatic heterocycles. The number of benzene rings is 1. The molecule has 80 valence electrons. The normalized spacial score (nSPS) is 10.5. The predicted octanol–water partition coefficient (Wildman–Crippen LogP) is 2.52. The largest absolute Gasteiger partial charge is 0.508 e. The van der Waals surface area contributed by atoms with Gasteiger partial charge in [-0.05, 0) is 30.7 Å². The van der Waals surface area contributed by atoms with Crippen LogP contribution in [0.15, 0.2) is 36.4 Å². The molecule has 0 amide bonds. The quantitative estimate of drug-likeness (QED) is 0.608. The van der Waals surface area contributed by atoms with Gasteiger partial charge in [-0.1, -0.05) is 19.1 Å². The van der Waals surface area contributed by atoms with Crippen LogP contribution in [0.4, 0.5) is 0 Å². The molecule has 0 spiro atoms. The molecule has 0 fully saturated rings. The Bertz CT molecular complexity index is 338. The molecule has 3 nitrogen and oxygen atoms in total. The lowest BCUT2D eigenvalue weighted by molar-refractivity contribution is 0.0549. The lowest BCUT2D eigenvalue weighted by atomic mass is 10.2. The summed E-state index contributed by atoms with van der Waals surface area (Å²) in [7, 11) is 0. The molecule has 0 aromatic heterocycles. The van der Waals surface area contributed by atoms with E-state index < -0.39 is 0 Å². The van der Waals surface area contributed by atoms with Crippen LogP contribution in [0.3, 0.4) is 0 Å². The number of carbonyl (C=O) groups is 1. The Balaban J connectivity index is 2.47. The van der Waals surface area contributed by atoms with Crippen LogP contribution in [-0.4, -0.2) is 17.7 Å². The number of ether oxygens (including phenoxy) is 1. The van der Waals surface area contributed by atoms with Crippen LogP contribution in [0.2, 0.25) is 0 Å². The second-order valence-electron chi connectivity index (χ2n) is 3.02. The molecule has 0 saturated carbocycles. The molecule has 15 heavy (non-hydrogen) atoms. The van der Waals surface area contributed by atoms with Crippen LogP contribution < -0.4 is 0 Å². The molecule has 0 aliphatic rings. The molecule has 0 radical (unpaired) electrons. The van der Waals surface area contributed by atoms with Gasteiger partial charge in [0.1, 0.15) is 12.4 Å². The lowest BCUT2D eigenvalue weighted by Gasteiger charge is -2.01. The van der Waals surface area contributed by atoms with E-state index in [1.165, 1.54) is 24.3 Å². The zero-order valence-electron chi connectivity index (χ0n) is 8.64. The minimum absolute atomic E-state index is 0.137. The fourth-order valence-corrected chi connectivity index (χ4v) is 1.04. The fraction of sp³-hybridized carbons (Fsp3) is 0.250. The van der Waals surface area contributed by atoms with E-state index in [9.17, 15) is 4.79 Å². The molecule has 0 saturated heterocycles. The monoisotopic (exact) mass is 206 g/mol. The summed E-state index contributed by atoms with van der Waals surface area (Å²) < 4.78 is 4.96. The summed E-state index contributed by atoms with van der Waals surface area (Å²) in [5, 5.41) is 9.02. The van der Waals surface area contributed by atoms with E-state index in [0.29, 0.717) is 5.56 Å². The molecule has 0 bridgehead atoms. The highest BCUT2D eigenvalue weighted by Crippen LogP contribution is 2.10. The smallest absolute Gasteiger partial charge is 0.338 e. The van der Waals surface area contributed by atoms with Gasteiger partial charge >= 0.3 is 5.97 Å². The molecule has 0 aliphatic carbocycles. The molecule has 1 aromatic rings. The van der Waals surface area contributed by atoms with E-state index in [1.54, 1.807) is 6.08 Å². The Morgan fingerprint density at radius 3 is 2.60 bits per heavy atom. The summed E-state index contributed by atoms with van der Waals surface area (Å²) in [6.07, 6.45) is 4.67. The molecule has 1 aromatic carbocycles. The van der Waals surface area contributed by atoms with E-state index in [4.69, 9.17) is 9.84 Å². The van der Waals surface area contributed by atoms with Gasteiger partial charge in [-0.25, -0.2) is 4.79 Å². The average molecular weight is 206 g/mol. The van der Waals surface area contributed by atoms with Crippen LogP contribution in [0.25, 0.3) is 0 Å². The zero-order valence-corrected chi connectivity index (χ0v) is 8.64. The Morgan fingerprint density at radius 1 is 1.33 bits per heavy atom. The van der Waals surface area contributed by atoms with Gasteiger partial charge in [0.05, 0.1) is 5.56 Å². The van der Waals surface area contributed by atoms with Gasteiger partial charge < -0.3 is 9.84 Å². The van der Waals surface area contributed by atoms with E-state index in [0.717, 1.165) is 6.42 Å². The minimum Gasteiger partial charge on any atom is -0.508 e. The molecule has 0 heterocycles. The second-order valence-corrected chi connectivity index (χ2v) is 3.02. The Morgan fingerprint density at radius 2 is 2.00 bits per heavy atom. The van der Waals surface area contributed by atoms with Gasteiger partial charge in [0, 0.05) is 0 Å². The third kappa shape index (κ3) is 3.85. The standard InChI is InChI=1S/C12H14O3/c1-2-3-4-9-15-12(14)10-5-7-11(13)8-6-10/h3-8,13H,2,9H2,1H3/b4-3+. The van der Waals surface area contributed by atoms with Gasteiger partial charge in [0.25, 0.3) is 0 Å². The summed E-state index contributed by atoms with van der Waals surface area (Å²) in [5.74, 6) is -0.242. The number of phenols is 1. The average Bonchev–Trinajstić information content (AvgIpc) is 2.25. The van der Waals surface area contributed by atoms with Gasteiger partial charge in [-0.15, -0.1) is 0 Å². The highest BCUT2D eigenvalue weighted by atomic mass is 16.5. The van der Waals surface area contributed by atoms with Crippen LogP contribution in [0, 0.1) is 0 Å². The van der Waals surface area contributed by atoms with Crippen molar-refractivity contribution < 1.29 is 14.6 Å². The Kier molecular flexibility index (Phi) is 4.41. The van der Waals surface area contributed by atoms with Crippen LogP contribution in [-0.2, 0) is 4.74 Å². The van der Waals surface area contributed by atoms with Gasteiger partial charge in [0.15, 0.2) is 0 Å². The number of allylic oxidation sites excluding steroid dienone is 1. The number of carbonyl (C=O) groups excluding carboxylic acids is 1. The van der Waals surface area contributed by atoms with Crippen molar-refractivity contribution in [3.8, 4) is 5.75 Å². The fourth-order valence-electron chi connectivity index (χ4n) is 1.04. The molecular formula is C12H14O3. The summed E-state index contributed by atoms with van der Waals surface area (Å²) >= 11 is 0. The number of hydrogen-bond acceptors (Lipinski definition) is 3. The first-order chi connectivity index (χ1) is 7.24. The summed E-state index contributed by atoms with van der Waals surface area (Å²) in [6, 6.07) is 5.97. The molecule has 1 rings (SSSR count). The van der Waals surface area contributed by atoms with Crippen LogP contribution in [0.5, 0.6) is 5.75 Å². The van der Waals surface area contributed by atoms with Crippen LogP contribution in [0.1, 0.15) is 23.7 Å². The Hall–Kier alpha value is -1.77. The zero-order chi connectivity index (χ0) is 11.1. The first-order valence-corrected chi connectivity index (χ1v) is 4.85. The molecule has 1 N–H and O–H groups in total. The maximum Gasteiger partial charge on any atom is 0.338 e. The summed E-state index contributed by atoms with van der Waals surface area (Å²) in [6.45, 7) is 2.30. The number of aromatic hydroxyl groups is 1. The predicted molar refractivity (Wildman–Crippen MR) is 57.8 cm³/mol. The van der Waals surface area contributed by atoms with Crippen LogP contribution >= 0.6 is 0 Å². The van der Waals surface area contributed by atoms with E-state index >= 15 is 0 Å². The Labute approximate surface area is 89.0 Å². The highest BCUT2D eigenvalue weighted by molar-refractivity contribution is 5.89. The molecule has 0 atom stereocenters. The first-order valence-electron chi connectivity index (χ1n) is 4.85. The number of esters is 1. The third-order valence-electron chi connectivity index (χ3n) is 1.82. The van der Waals surface area contributed by atoms with Crippen molar-refractivity contribution in [2.75, 3.05) is 6.61 Å². The van der Waals surface area contributed by atoms with Crippen molar-refractivity contribution in [3.05, 3.63) is 42.0 Å². The van der Waals surface area contributed by atoms with Gasteiger partial charge in [0.2, 0.25) is 0 Å². The van der Waals surface area contributed by atoms with Crippen molar-refractivity contribution in [1.29, 1.82) is 0 Å². The minimum atomic E-state index is -0.379. The molecule has 0 unspecified atom stereocenters. The van der Waals surface area contributed by atoms with Crippen molar-refractivity contribution in [1.82, 2.24) is 0 Å². The van der Waals surface area contributed by atoms with Gasteiger partial charge in [-0.2, -0.15) is 0 Å². The maximum absolute atomic E-state index is 11.4. The van der Waals surface area contributed by atoms with Gasteiger partial charge in [-0.3, -0.25) is 0 Å². The summed E-state index contributed by atoms with van der Waals surface area (Å²) in [4.78, 5) is 11.4. The SMILES string of the molecule is CC/C=C/COC(=O)c1ccc(O)cc1. The van der Waals surface area contributed by atoms with Crippen molar-refractivity contribution in [3.63, 3.8) is 0 Å². The highest BCUT2D eigenvalue weighted by Gasteiger charge is 2.04. The molecule has 3 heteroatoms. The summed E-state index contributed by atoms with van der Waals surface area (Å²) in [5.41, 5.74) is 0.442. The lowest BCUT2D eigenvalue weighted by Crippen LogP contribution is -2.04. The van der Waals surface area contributed by atoms with Crippen molar-refractivity contribution in [2.24, 2.45) is 0 Å². The van der Waals surface area contributed by atoms with E-state index in [1.807, 2.05) is 13.0 Å². The number of phenolic OH excluding ortho intramolecular Hbond substituents is 1. The number of hydrogen-bond donors (Lipinski definition) is 1. The second kappa shape index (κ2) is 5.86. The van der Waals surface area contributed by atoms with E-state index in [-0.39, 0.29) is 18.3 Å². The third-order valence-corrected chi connectivity index (χ3v) is 1.82. The van der Waals surface area contributed by atoms with Crippen molar-refractivity contribution >= 4 is 5.97 Å².